The molecule has 0 aromatic carbocycles. The summed E-state index contributed by atoms with van der Waals surface area (Å²) in [5, 5.41) is 0. The van der Waals surface area contributed by atoms with Gasteiger partial charge in [-0.05, 0) is 36.5 Å². The van der Waals surface area contributed by atoms with E-state index in [1.54, 1.807) is 6.42 Å². The van der Waals surface area contributed by atoms with Crippen molar-refractivity contribution in [3.63, 3.8) is 0 Å². The Bertz CT molecular complexity index is 90.6. The van der Waals surface area contributed by atoms with Crippen LogP contribution in [0.15, 0.2) is 0 Å². The first-order valence-electron chi connectivity index (χ1n) is 3.79. The van der Waals surface area contributed by atoms with Gasteiger partial charge in [-0.2, -0.15) is 0 Å². The van der Waals surface area contributed by atoms with Crippen LogP contribution in [0, 0.1) is 23.7 Å². The summed E-state index contributed by atoms with van der Waals surface area (Å²) in [5.74, 6) is 4.44. The normalized spacial score (nSPS) is 60.8. The van der Waals surface area contributed by atoms with E-state index in [1.807, 2.05) is 0 Å². The molecular formula is C8H14. The minimum Gasteiger partial charge on any atom is -0.0622 e. The largest absolute Gasteiger partial charge is 0.0622 e. The molecule has 2 aliphatic rings. The van der Waals surface area contributed by atoms with Crippen LogP contribution in [-0.2, 0) is 0 Å². The average molecular weight is 110 g/mol. The lowest BCUT2D eigenvalue weighted by atomic mass is 10.0. The molecule has 3 unspecified atom stereocenters. The molecule has 0 N–H and O–H groups in total. The van der Waals surface area contributed by atoms with Gasteiger partial charge in [-0.1, -0.05) is 13.8 Å². The number of hydrogen-bond donors (Lipinski definition) is 0. The van der Waals surface area contributed by atoms with E-state index in [4.69, 9.17) is 0 Å². The predicted octanol–water partition coefficient (Wildman–Crippen LogP) is 2.30. The molecule has 0 saturated heterocycles. The number of hydrogen-bond acceptors (Lipinski definition) is 0. The lowest BCUT2D eigenvalue weighted by Crippen LogP contribution is -1.94. The van der Waals surface area contributed by atoms with Gasteiger partial charge < -0.3 is 0 Å². The van der Waals surface area contributed by atoms with Gasteiger partial charge in [-0.3, -0.25) is 0 Å². The zero-order valence-electron chi connectivity index (χ0n) is 5.72. The molecule has 46 valence electrons. The minimum atomic E-state index is 1.06. The molecule has 2 saturated carbocycles. The van der Waals surface area contributed by atoms with Crippen molar-refractivity contribution in [2.75, 3.05) is 0 Å². The van der Waals surface area contributed by atoms with Crippen molar-refractivity contribution in [3.8, 4) is 0 Å². The maximum atomic E-state index is 2.41. The fourth-order valence-electron chi connectivity index (χ4n) is 2.48. The summed E-state index contributed by atoms with van der Waals surface area (Å²) in [6.45, 7) is 4.82. The Hall–Kier alpha value is 0. The molecule has 4 atom stereocenters. The second-order valence-electron chi connectivity index (χ2n) is 3.75. The third kappa shape index (κ3) is 0.463. The summed E-state index contributed by atoms with van der Waals surface area (Å²) in [6.07, 6.45) is 3.07. The highest BCUT2D eigenvalue weighted by molar-refractivity contribution is 4.99. The predicted molar refractivity (Wildman–Crippen MR) is 34.5 cm³/mol. The highest BCUT2D eigenvalue weighted by Gasteiger charge is 2.50. The van der Waals surface area contributed by atoms with E-state index in [-0.39, 0.29) is 0 Å². The molecule has 0 aromatic rings. The van der Waals surface area contributed by atoms with Gasteiger partial charge in [-0.25, -0.2) is 0 Å². The van der Waals surface area contributed by atoms with Crippen LogP contribution in [-0.4, -0.2) is 0 Å². The van der Waals surface area contributed by atoms with E-state index in [0.717, 1.165) is 23.7 Å². The Morgan fingerprint density at radius 2 is 1.38 bits per heavy atom. The van der Waals surface area contributed by atoms with Crippen LogP contribution in [0.5, 0.6) is 0 Å². The van der Waals surface area contributed by atoms with Crippen LogP contribution < -0.4 is 0 Å². The third-order valence-corrected chi connectivity index (χ3v) is 3.10. The summed E-state index contributed by atoms with van der Waals surface area (Å²) < 4.78 is 0. The van der Waals surface area contributed by atoms with Crippen LogP contribution >= 0.6 is 0 Å². The van der Waals surface area contributed by atoms with E-state index in [1.165, 1.54) is 6.42 Å². The zero-order chi connectivity index (χ0) is 5.72. The molecule has 0 nitrogen and oxygen atoms in total. The molecule has 0 aromatic heterocycles. The van der Waals surface area contributed by atoms with E-state index in [0.29, 0.717) is 0 Å². The Labute approximate surface area is 51.3 Å². The number of fused-ring (bicyclic) bond motifs is 1. The second-order valence-corrected chi connectivity index (χ2v) is 3.75. The minimum absolute atomic E-state index is 1.06. The lowest BCUT2D eigenvalue weighted by Gasteiger charge is -2.04. The van der Waals surface area contributed by atoms with Crippen molar-refractivity contribution >= 4 is 0 Å². The molecule has 8 heavy (non-hydrogen) atoms. The molecule has 0 heterocycles. The van der Waals surface area contributed by atoms with Crippen molar-refractivity contribution in [3.05, 3.63) is 0 Å². The molecule has 0 radical (unpaired) electrons. The molecule has 0 heteroatoms. The summed E-state index contributed by atoms with van der Waals surface area (Å²) in [7, 11) is 0. The lowest BCUT2D eigenvalue weighted by molar-refractivity contribution is 0.463. The van der Waals surface area contributed by atoms with Gasteiger partial charge in [0, 0.05) is 0 Å². The van der Waals surface area contributed by atoms with Gasteiger partial charge in [0.05, 0.1) is 0 Å². The highest BCUT2D eigenvalue weighted by Crippen LogP contribution is 2.58. The Morgan fingerprint density at radius 1 is 0.875 bits per heavy atom. The molecule has 0 spiro atoms. The molecule has 0 aliphatic heterocycles. The fraction of sp³-hybridized carbons (Fsp3) is 1.00. The summed E-state index contributed by atoms with van der Waals surface area (Å²) in [4.78, 5) is 0. The molecule has 0 bridgehead atoms. The quantitative estimate of drug-likeness (QED) is 0.449. The Kier molecular flexibility index (Phi) is 0.778. The van der Waals surface area contributed by atoms with Crippen molar-refractivity contribution < 1.29 is 0 Å². The van der Waals surface area contributed by atoms with E-state index < -0.39 is 0 Å². The molecular weight excluding hydrogens is 96.1 g/mol. The standard InChI is InChI=1S/C8H14/c1-5-3-6(2)8-4-7(5)8/h5-8H,3-4H2,1-2H3/t5?,6?,7-,8?/m0/s1. The van der Waals surface area contributed by atoms with Crippen LogP contribution in [0.1, 0.15) is 26.7 Å². The topological polar surface area (TPSA) is 0 Å². The van der Waals surface area contributed by atoms with Crippen LogP contribution in [0.25, 0.3) is 0 Å². The smallest absolute Gasteiger partial charge is 0.0354 e. The maximum absolute atomic E-state index is 2.41. The van der Waals surface area contributed by atoms with E-state index in [2.05, 4.69) is 13.8 Å². The summed E-state index contributed by atoms with van der Waals surface area (Å²) in [6, 6.07) is 0. The van der Waals surface area contributed by atoms with Crippen LogP contribution in [0.4, 0.5) is 0 Å². The molecule has 2 fully saturated rings. The van der Waals surface area contributed by atoms with Crippen molar-refractivity contribution in [1.82, 2.24) is 0 Å². The first kappa shape index (κ1) is 4.84. The molecule has 2 rings (SSSR count). The van der Waals surface area contributed by atoms with Crippen LogP contribution in [0.3, 0.4) is 0 Å². The van der Waals surface area contributed by atoms with E-state index >= 15 is 0 Å². The fourth-order valence-corrected chi connectivity index (χ4v) is 2.48. The average Bonchev–Trinajstić information content (AvgIpc) is 2.35. The van der Waals surface area contributed by atoms with Gasteiger partial charge in [0.1, 0.15) is 0 Å². The molecule has 2 aliphatic carbocycles. The first-order chi connectivity index (χ1) is 3.79. The van der Waals surface area contributed by atoms with Crippen molar-refractivity contribution in [1.29, 1.82) is 0 Å². The van der Waals surface area contributed by atoms with Gasteiger partial charge in [0.15, 0.2) is 0 Å². The van der Waals surface area contributed by atoms with E-state index in [9.17, 15) is 0 Å². The van der Waals surface area contributed by atoms with Crippen molar-refractivity contribution in [2.45, 2.75) is 26.7 Å². The maximum Gasteiger partial charge on any atom is -0.0354 e. The van der Waals surface area contributed by atoms with Gasteiger partial charge in [-0.15, -0.1) is 0 Å². The van der Waals surface area contributed by atoms with Gasteiger partial charge in [0.25, 0.3) is 0 Å². The highest BCUT2D eigenvalue weighted by atomic mass is 14.5. The van der Waals surface area contributed by atoms with Crippen molar-refractivity contribution in [2.24, 2.45) is 23.7 Å². The zero-order valence-corrected chi connectivity index (χ0v) is 5.72. The first-order valence-corrected chi connectivity index (χ1v) is 3.79. The Balaban J connectivity index is 2.09. The second kappa shape index (κ2) is 1.29. The van der Waals surface area contributed by atoms with Crippen LogP contribution in [0.2, 0.25) is 0 Å². The molecule has 0 amide bonds. The Morgan fingerprint density at radius 3 is 1.50 bits per heavy atom. The number of rotatable bonds is 0. The van der Waals surface area contributed by atoms with Gasteiger partial charge in [0.2, 0.25) is 0 Å². The van der Waals surface area contributed by atoms with Gasteiger partial charge >= 0.3 is 0 Å². The summed E-state index contributed by atoms with van der Waals surface area (Å²) in [5.41, 5.74) is 0. The monoisotopic (exact) mass is 110 g/mol. The third-order valence-electron chi connectivity index (χ3n) is 3.10. The SMILES string of the molecule is CC1CC(C)[C@@H]2CC12. The summed E-state index contributed by atoms with van der Waals surface area (Å²) >= 11 is 0.